The van der Waals surface area contributed by atoms with Crippen LogP contribution in [0.1, 0.15) is 13.8 Å². The highest BCUT2D eigenvalue weighted by molar-refractivity contribution is 8.04. The van der Waals surface area contributed by atoms with E-state index in [0.29, 0.717) is 5.25 Å². The summed E-state index contributed by atoms with van der Waals surface area (Å²) in [6.45, 7) is 5.00. The predicted octanol–water partition coefficient (Wildman–Crippen LogP) is 1.38. The van der Waals surface area contributed by atoms with Gasteiger partial charge in [-0.1, -0.05) is 11.8 Å². The normalized spacial score (nSPS) is 27.8. The van der Waals surface area contributed by atoms with Gasteiger partial charge in [-0.05, 0) is 13.8 Å². The van der Waals surface area contributed by atoms with Crippen molar-refractivity contribution in [2.45, 2.75) is 19.1 Å². The van der Waals surface area contributed by atoms with Crippen molar-refractivity contribution in [1.29, 1.82) is 0 Å². The van der Waals surface area contributed by atoms with Gasteiger partial charge in [-0.2, -0.15) is 0 Å². The molecule has 0 fully saturated rings. The fourth-order valence-electron chi connectivity index (χ4n) is 1.10. The fraction of sp³-hybridized carbons (Fsp3) is 0.500. The van der Waals surface area contributed by atoms with Gasteiger partial charge in [-0.3, -0.25) is 0 Å². The van der Waals surface area contributed by atoms with Crippen LogP contribution in [0.2, 0.25) is 0 Å². The quantitative estimate of drug-likeness (QED) is 0.613. The molecule has 0 aliphatic carbocycles. The molecule has 1 unspecified atom stereocenters. The number of thioether (sulfide) groups is 1. The van der Waals surface area contributed by atoms with Gasteiger partial charge in [0.2, 0.25) is 0 Å². The maximum atomic E-state index is 4.44. The van der Waals surface area contributed by atoms with E-state index in [1.165, 1.54) is 5.71 Å². The molecule has 0 aromatic carbocycles. The Morgan fingerprint density at radius 1 is 1.67 bits per heavy atom. The third-order valence-corrected chi connectivity index (χ3v) is 3.15. The van der Waals surface area contributed by atoms with Crippen LogP contribution in [0.5, 0.6) is 0 Å². The SMILES string of the molecule is CC1=NC2=C(N=CCN2)SC1C. The average molecular weight is 181 g/mol. The number of hydrogen-bond donors (Lipinski definition) is 1. The zero-order valence-electron chi connectivity index (χ0n) is 7.16. The Balaban J connectivity index is 2.33. The fourth-order valence-corrected chi connectivity index (χ4v) is 2.02. The molecule has 2 aliphatic heterocycles. The predicted molar refractivity (Wildman–Crippen MR) is 53.7 cm³/mol. The Hall–Kier alpha value is -0.770. The minimum Gasteiger partial charge on any atom is -0.363 e. The van der Waals surface area contributed by atoms with E-state index >= 15 is 0 Å². The molecule has 0 saturated carbocycles. The van der Waals surface area contributed by atoms with Crippen molar-refractivity contribution in [2.24, 2.45) is 9.98 Å². The summed E-state index contributed by atoms with van der Waals surface area (Å²) >= 11 is 1.77. The van der Waals surface area contributed by atoms with Gasteiger partial charge in [0, 0.05) is 17.2 Å². The van der Waals surface area contributed by atoms with Crippen LogP contribution < -0.4 is 5.32 Å². The van der Waals surface area contributed by atoms with Crippen LogP contribution in [0.15, 0.2) is 20.8 Å². The minimum atomic E-state index is 0.459. The first-order chi connectivity index (χ1) is 5.77. The molecule has 1 N–H and O–H groups in total. The molecule has 0 radical (unpaired) electrons. The molecule has 1 atom stereocenters. The first-order valence-electron chi connectivity index (χ1n) is 4.00. The molecule has 12 heavy (non-hydrogen) atoms. The van der Waals surface area contributed by atoms with Crippen LogP contribution in [0.25, 0.3) is 0 Å². The van der Waals surface area contributed by atoms with Crippen molar-refractivity contribution in [3.63, 3.8) is 0 Å². The summed E-state index contributed by atoms with van der Waals surface area (Å²) in [7, 11) is 0. The van der Waals surface area contributed by atoms with E-state index in [4.69, 9.17) is 0 Å². The molecule has 0 saturated heterocycles. The standard InChI is InChI=1S/C8H11N3S/c1-5-6(2)12-8-7(11-5)9-3-4-10-8/h4,6,9H,3H2,1-2H3. The number of nitrogens with zero attached hydrogens (tertiary/aromatic N) is 2. The van der Waals surface area contributed by atoms with Crippen molar-refractivity contribution in [1.82, 2.24) is 5.32 Å². The van der Waals surface area contributed by atoms with Crippen LogP contribution in [-0.4, -0.2) is 23.7 Å². The topological polar surface area (TPSA) is 36.8 Å². The summed E-state index contributed by atoms with van der Waals surface area (Å²) in [5.41, 5.74) is 1.17. The monoisotopic (exact) mass is 181 g/mol. The lowest BCUT2D eigenvalue weighted by molar-refractivity contribution is 0.880. The van der Waals surface area contributed by atoms with Crippen molar-refractivity contribution >= 4 is 23.7 Å². The van der Waals surface area contributed by atoms with E-state index in [2.05, 4.69) is 29.1 Å². The summed E-state index contributed by atoms with van der Waals surface area (Å²) in [4.78, 5) is 8.72. The van der Waals surface area contributed by atoms with Crippen LogP contribution in [0.4, 0.5) is 0 Å². The summed E-state index contributed by atoms with van der Waals surface area (Å²) in [5, 5.41) is 4.68. The summed E-state index contributed by atoms with van der Waals surface area (Å²) in [5.74, 6) is 0.943. The van der Waals surface area contributed by atoms with Crippen molar-refractivity contribution < 1.29 is 0 Å². The summed E-state index contributed by atoms with van der Waals surface area (Å²) in [6, 6.07) is 0. The maximum Gasteiger partial charge on any atom is 0.158 e. The highest BCUT2D eigenvalue weighted by Gasteiger charge is 2.20. The highest BCUT2D eigenvalue weighted by Crippen LogP contribution is 2.31. The van der Waals surface area contributed by atoms with E-state index in [-0.39, 0.29) is 0 Å². The molecule has 64 valence electrons. The highest BCUT2D eigenvalue weighted by atomic mass is 32.2. The second-order valence-electron chi connectivity index (χ2n) is 2.86. The van der Waals surface area contributed by atoms with Gasteiger partial charge in [0.05, 0.1) is 6.54 Å². The third-order valence-electron chi connectivity index (χ3n) is 1.94. The number of rotatable bonds is 0. The molecule has 0 spiro atoms. The van der Waals surface area contributed by atoms with Crippen LogP contribution in [-0.2, 0) is 0 Å². The Labute approximate surface area is 76.1 Å². The average Bonchev–Trinajstić information content (AvgIpc) is 2.07. The van der Waals surface area contributed by atoms with E-state index in [9.17, 15) is 0 Å². The summed E-state index contributed by atoms with van der Waals surface area (Å²) in [6.07, 6.45) is 1.88. The first-order valence-corrected chi connectivity index (χ1v) is 4.88. The largest absolute Gasteiger partial charge is 0.363 e. The number of hydrogen-bond acceptors (Lipinski definition) is 4. The lowest BCUT2D eigenvalue weighted by Gasteiger charge is -2.22. The van der Waals surface area contributed by atoms with Gasteiger partial charge >= 0.3 is 0 Å². The molecule has 0 aromatic rings. The molecule has 0 amide bonds. The van der Waals surface area contributed by atoms with E-state index < -0.39 is 0 Å². The minimum absolute atomic E-state index is 0.459. The number of nitrogens with one attached hydrogen (secondary N) is 1. The Bertz CT molecular complexity index is 291. The van der Waals surface area contributed by atoms with E-state index in [1.54, 1.807) is 11.8 Å². The van der Waals surface area contributed by atoms with Gasteiger partial charge in [-0.25, -0.2) is 9.98 Å². The molecular formula is C8H11N3S. The van der Waals surface area contributed by atoms with E-state index in [0.717, 1.165) is 17.4 Å². The van der Waals surface area contributed by atoms with E-state index in [1.807, 2.05) is 6.21 Å². The van der Waals surface area contributed by atoms with Crippen molar-refractivity contribution in [3.05, 3.63) is 10.9 Å². The maximum absolute atomic E-state index is 4.44. The molecule has 2 aliphatic rings. The van der Waals surface area contributed by atoms with Gasteiger partial charge in [0.15, 0.2) is 5.82 Å². The Morgan fingerprint density at radius 2 is 2.50 bits per heavy atom. The molecule has 2 heterocycles. The second-order valence-corrected chi connectivity index (χ2v) is 4.19. The lowest BCUT2D eigenvalue weighted by atomic mass is 10.3. The zero-order chi connectivity index (χ0) is 8.55. The Kier molecular flexibility index (Phi) is 1.92. The molecule has 0 bridgehead atoms. The molecule has 2 rings (SSSR count). The lowest BCUT2D eigenvalue weighted by Crippen LogP contribution is -2.25. The third kappa shape index (κ3) is 1.27. The number of aliphatic imine (C=N–C) groups is 2. The summed E-state index contributed by atoms with van der Waals surface area (Å²) < 4.78 is 0. The van der Waals surface area contributed by atoms with Gasteiger partial charge in [-0.15, -0.1) is 0 Å². The van der Waals surface area contributed by atoms with Gasteiger partial charge < -0.3 is 5.32 Å². The molecule has 3 nitrogen and oxygen atoms in total. The molecular weight excluding hydrogens is 170 g/mol. The second kappa shape index (κ2) is 2.94. The van der Waals surface area contributed by atoms with Crippen LogP contribution in [0, 0.1) is 0 Å². The molecule has 4 heteroatoms. The van der Waals surface area contributed by atoms with Crippen molar-refractivity contribution in [2.75, 3.05) is 6.54 Å². The zero-order valence-corrected chi connectivity index (χ0v) is 7.98. The van der Waals surface area contributed by atoms with Crippen LogP contribution >= 0.6 is 11.8 Å². The molecule has 0 aromatic heterocycles. The van der Waals surface area contributed by atoms with Gasteiger partial charge in [0.25, 0.3) is 0 Å². The Morgan fingerprint density at radius 3 is 3.33 bits per heavy atom. The van der Waals surface area contributed by atoms with Crippen LogP contribution in [0.3, 0.4) is 0 Å². The van der Waals surface area contributed by atoms with Gasteiger partial charge in [0.1, 0.15) is 5.03 Å². The first kappa shape index (κ1) is 7.86. The smallest absolute Gasteiger partial charge is 0.158 e. The van der Waals surface area contributed by atoms with Crippen molar-refractivity contribution in [3.8, 4) is 0 Å².